The molecule has 1 N–H and O–H groups in total. The third-order valence-corrected chi connectivity index (χ3v) is 6.19. The van der Waals surface area contributed by atoms with E-state index in [-0.39, 0.29) is 12.2 Å². The number of rotatable bonds is 3. The van der Waals surface area contributed by atoms with Gasteiger partial charge < -0.3 is 5.11 Å². The number of aliphatic carboxylic acids is 1. The highest BCUT2D eigenvalue weighted by molar-refractivity contribution is 7.89. The molecule has 0 bridgehead atoms. The summed E-state index contributed by atoms with van der Waals surface area (Å²) in [6.07, 6.45) is 5.82. The number of sulfonamides is 1. The van der Waals surface area contributed by atoms with Gasteiger partial charge in [0, 0.05) is 12.1 Å². The Morgan fingerprint density at radius 1 is 1.11 bits per heavy atom. The highest BCUT2D eigenvalue weighted by atomic mass is 32.2. The summed E-state index contributed by atoms with van der Waals surface area (Å²) in [6, 6.07) is 0. The molecule has 5 nitrogen and oxygen atoms in total. The van der Waals surface area contributed by atoms with Gasteiger partial charge in [0.2, 0.25) is 10.0 Å². The van der Waals surface area contributed by atoms with Crippen LogP contribution in [-0.2, 0) is 14.8 Å². The number of hydrogen-bond donors (Lipinski definition) is 1. The zero-order valence-electron chi connectivity index (χ0n) is 10.6. The van der Waals surface area contributed by atoms with Gasteiger partial charge in [0.1, 0.15) is 0 Å². The molecular formula is C12H21NO4S. The molecule has 2 aliphatic rings. The maximum Gasteiger partial charge on any atom is 0.305 e. The molecule has 0 atom stereocenters. The molecule has 1 heterocycles. The van der Waals surface area contributed by atoms with E-state index in [1.807, 2.05) is 0 Å². The Hall–Kier alpha value is -0.620. The first-order valence-electron chi connectivity index (χ1n) is 6.69. The van der Waals surface area contributed by atoms with E-state index in [0.717, 1.165) is 25.7 Å². The van der Waals surface area contributed by atoms with Crippen LogP contribution >= 0.6 is 0 Å². The van der Waals surface area contributed by atoms with E-state index in [9.17, 15) is 13.2 Å². The van der Waals surface area contributed by atoms with Crippen LogP contribution in [0.25, 0.3) is 0 Å². The molecule has 1 saturated carbocycles. The molecule has 18 heavy (non-hydrogen) atoms. The zero-order chi connectivity index (χ0) is 13.2. The first-order valence-corrected chi connectivity index (χ1v) is 8.30. The van der Waals surface area contributed by atoms with E-state index in [0.29, 0.717) is 25.8 Å². The van der Waals surface area contributed by atoms with Crippen molar-refractivity contribution in [3.05, 3.63) is 0 Å². The summed E-state index contributed by atoms with van der Waals surface area (Å²) < 4.78 is 25.9. The van der Waals surface area contributed by atoms with E-state index in [1.54, 1.807) is 0 Å². The number of carboxylic acid groups (broad SMARTS) is 1. The van der Waals surface area contributed by atoms with Crippen LogP contribution in [0.1, 0.15) is 51.4 Å². The maximum absolute atomic E-state index is 12.2. The Labute approximate surface area is 108 Å². The fourth-order valence-electron chi connectivity index (χ4n) is 3.33. The first kappa shape index (κ1) is 13.8. The van der Waals surface area contributed by atoms with Gasteiger partial charge in [0.05, 0.1) is 12.2 Å². The highest BCUT2D eigenvalue weighted by Crippen LogP contribution is 2.39. The molecule has 0 amide bonds. The van der Waals surface area contributed by atoms with Crippen molar-refractivity contribution < 1.29 is 18.3 Å². The van der Waals surface area contributed by atoms with Gasteiger partial charge in [-0.05, 0) is 25.7 Å². The summed E-state index contributed by atoms with van der Waals surface area (Å²) in [5.74, 6) is -0.716. The van der Waals surface area contributed by atoms with Crippen LogP contribution in [0.3, 0.4) is 0 Å². The molecule has 1 saturated heterocycles. The molecule has 1 aliphatic heterocycles. The van der Waals surface area contributed by atoms with Gasteiger partial charge in [-0.2, -0.15) is 4.31 Å². The second kappa shape index (κ2) is 5.17. The lowest BCUT2D eigenvalue weighted by Crippen LogP contribution is -2.56. The lowest BCUT2D eigenvalue weighted by Gasteiger charge is -2.46. The first-order chi connectivity index (χ1) is 8.46. The van der Waals surface area contributed by atoms with E-state index >= 15 is 0 Å². The number of hydrogen-bond acceptors (Lipinski definition) is 3. The average molecular weight is 275 g/mol. The molecule has 0 aromatic carbocycles. The van der Waals surface area contributed by atoms with Crippen LogP contribution in [0.2, 0.25) is 0 Å². The van der Waals surface area contributed by atoms with Gasteiger partial charge in [-0.25, -0.2) is 8.42 Å². The normalized spacial score (nSPS) is 27.8. The minimum atomic E-state index is -3.26. The molecule has 0 aromatic rings. The molecule has 2 fully saturated rings. The third kappa shape index (κ3) is 2.69. The summed E-state index contributed by atoms with van der Waals surface area (Å²) in [5, 5.41) is 9.11. The van der Waals surface area contributed by atoms with Gasteiger partial charge in [-0.15, -0.1) is 0 Å². The second-order valence-electron chi connectivity index (χ2n) is 5.45. The smallest absolute Gasteiger partial charge is 0.305 e. The summed E-state index contributed by atoms with van der Waals surface area (Å²) in [6.45, 7) is 0.496. The standard InChI is InChI=1S/C12H21NO4S/c14-11(15)10-12(6-2-1-3-7-12)13-8-4-5-9-18(13,16)17/h1-10H2,(H,14,15). The van der Waals surface area contributed by atoms with E-state index < -0.39 is 21.5 Å². The maximum atomic E-state index is 12.2. The molecule has 0 radical (unpaired) electrons. The number of carbonyl (C=O) groups is 1. The van der Waals surface area contributed by atoms with E-state index in [1.165, 1.54) is 4.31 Å². The fraction of sp³-hybridized carbons (Fsp3) is 0.917. The summed E-state index contributed by atoms with van der Waals surface area (Å²) in [4.78, 5) is 11.1. The van der Waals surface area contributed by atoms with Crippen molar-refractivity contribution in [2.45, 2.75) is 56.9 Å². The minimum Gasteiger partial charge on any atom is -0.481 e. The molecule has 0 spiro atoms. The van der Waals surface area contributed by atoms with Crippen LogP contribution in [0.5, 0.6) is 0 Å². The Balaban J connectivity index is 2.29. The van der Waals surface area contributed by atoms with Crippen molar-refractivity contribution in [3.63, 3.8) is 0 Å². The van der Waals surface area contributed by atoms with Crippen LogP contribution in [0, 0.1) is 0 Å². The van der Waals surface area contributed by atoms with E-state index in [4.69, 9.17) is 5.11 Å². The molecule has 0 unspecified atom stereocenters. The molecule has 104 valence electrons. The van der Waals surface area contributed by atoms with Gasteiger partial charge in [0.25, 0.3) is 0 Å². The van der Waals surface area contributed by atoms with Gasteiger partial charge in [-0.1, -0.05) is 19.3 Å². The fourth-order valence-corrected chi connectivity index (χ4v) is 5.36. The lowest BCUT2D eigenvalue weighted by atomic mass is 9.79. The summed E-state index contributed by atoms with van der Waals surface area (Å²) in [7, 11) is -3.26. The summed E-state index contributed by atoms with van der Waals surface area (Å²) in [5.41, 5.74) is -0.649. The van der Waals surface area contributed by atoms with Gasteiger partial charge >= 0.3 is 5.97 Å². The monoisotopic (exact) mass is 275 g/mol. The number of carboxylic acids is 1. The topological polar surface area (TPSA) is 74.7 Å². The lowest BCUT2D eigenvalue weighted by molar-refractivity contribution is -0.140. The second-order valence-corrected chi connectivity index (χ2v) is 7.46. The van der Waals surface area contributed by atoms with Crippen molar-refractivity contribution in [1.82, 2.24) is 4.31 Å². The van der Waals surface area contributed by atoms with Crippen molar-refractivity contribution in [2.24, 2.45) is 0 Å². The average Bonchev–Trinajstić information content (AvgIpc) is 2.28. The van der Waals surface area contributed by atoms with Crippen molar-refractivity contribution in [3.8, 4) is 0 Å². The quantitative estimate of drug-likeness (QED) is 0.848. The molecule has 0 aromatic heterocycles. The predicted molar refractivity (Wildman–Crippen MR) is 67.8 cm³/mol. The van der Waals surface area contributed by atoms with Crippen LogP contribution < -0.4 is 0 Å². The Bertz CT molecular complexity index is 412. The summed E-state index contributed by atoms with van der Waals surface area (Å²) >= 11 is 0. The Kier molecular flexibility index (Phi) is 3.96. The van der Waals surface area contributed by atoms with Crippen LogP contribution in [0.15, 0.2) is 0 Å². The third-order valence-electron chi connectivity index (χ3n) is 4.14. The molecule has 6 heteroatoms. The Morgan fingerprint density at radius 3 is 2.33 bits per heavy atom. The zero-order valence-corrected chi connectivity index (χ0v) is 11.4. The molecule has 2 rings (SSSR count). The van der Waals surface area contributed by atoms with Gasteiger partial charge in [0.15, 0.2) is 0 Å². The highest BCUT2D eigenvalue weighted by Gasteiger charge is 2.46. The molecule has 1 aliphatic carbocycles. The van der Waals surface area contributed by atoms with Gasteiger partial charge in [-0.3, -0.25) is 4.79 Å². The SMILES string of the molecule is O=C(O)CC1(N2CCCCS2(=O)=O)CCCCC1. The van der Waals surface area contributed by atoms with Crippen molar-refractivity contribution in [2.75, 3.05) is 12.3 Å². The minimum absolute atomic E-state index is 0.0494. The van der Waals surface area contributed by atoms with Crippen LogP contribution in [-0.4, -0.2) is 41.6 Å². The van der Waals surface area contributed by atoms with E-state index in [2.05, 4.69) is 0 Å². The van der Waals surface area contributed by atoms with Crippen molar-refractivity contribution >= 4 is 16.0 Å². The largest absolute Gasteiger partial charge is 0.481 e. The molecular weight excluding hydrogens is 254 g/mol. The van der Waals surface area contributed by atoms with Crippen molar-refractivity contribution in [1.29, 1.82) is 0 Å². The van der Waals surface area contributed by atoms with Crippen LogP contribution in [0.4, 0.5) is 0 Å². The number of nitrogens with zero attached hydrogens (tertiary/aromatic N) is 1. The Morgan fingerprint density at radius 2 is 1.78 bits per heavy atom. The predicted octanol–water partition coefficient (Wildman–Crippen LogP) is 1.59.